The van der Waals surface area contributed by atoms with Crippen molar-refractivity contribution in [1.29, 1.82) is 0 Å². The summed E-state index contributed by atoms with van der Waals surface area (Å²) in [4.78, 5) is 51.2. The van der Waals surface area contributed by atoms with Gasteiger partial charge in [0.25, 0.3) is 5.91 Å². The lowest BCUT2D eigenvalue weighted by molar-refractivity contribution is 0.0171. The Morgan fingerprint density at radius 1 is 1.10 bits per heavy atom. The number of likely N-dealkylation sites (tertiary alicyclic amines) is 1. The van der Waals surface area contributed by atoms with Gasteiger partial charge < -0.3 is 35.8 Å². The van der Waals surface area contributed by atoms with Crippen molar-refractivity contribution in [2.24, 2.45) is 5.73 Å². The van der Waals surface area contributed by atoms with Crippen molar-refractivity contribution in [3.8, 4) is 0 Å². The number of nitrogens with one attached hydrogen (secondary N) is 2. The smallest absolute Gasteiger partial charge is 0.410 e. The number of anilines is 3. The molecule has 2 aromatic rings. The van der Waals surface area contributed by atoms with Gasteiger partial charge in [-0.25, -0.2) is 19.6 Å². The molecule has 42 heavy (non-hydrogen) atoms. The molecule has 12 heteroatoms. The number of nitrogens with zero attached hydrogens (tertiary/aromatic N) is 5. The van der Waals surface area contributed by atoms with Gasteiger partial charge >= 0.3 is 12.1 Å². The van der Waals surface area contributed by atoms with Crippen LogP contribution in [0.4, 0.5) is 26.9 Å². The molecule has 2 fully saturated rings. The lowest BCUT2D eigenvalue weighted by Crippen LogP contribution is -2.50. The molecule has 1 atom stereocenters. The molecule has 0 radical (unpaired) electrons. The number of piperidine rings is 2. The van der Waals surface area contributed by atoms with Crippen LogP contribution < -0.4 is 21.3 Å². The quantitative estimate of drug-likeness (QED) is 0.467. The monoisotopic (exact) mass is 580 g/mol. The van der Waals surface area contributed by atoms with Gasteiger partial charge in [-0.3, -0.25) is 4.79 Å². The van der Waals surface area contributed by atoms with Gasteiger partial charge in [-0.05, 0) is 69.6 Å². The number of hydrogen-bond acceptors (Lipinski definition) is 8. The summed E-state index contributed by atoms with van der Waals surface area (Å²) in [5.41, 5.74) is 7.00. The van der Waals surface area contributed by atoms with Gasteiger partial charge in [0.15, 0.2) is 11.5 Å². The number of benzene rings is 1. The molecule has 12 nitrogen and oxygen atoms in total. The molecule has 1 aromatic carbocycles. The maximum absolute atomic E-state index is 12.5. The molecular weight excluding hydrogens is 536 g/mol. The minimum absolute atomic E-state index is 0.0208. The second-order valence-corrected chi connectivity index (χ2v) is 12.6. The molecular formula is C30H44N8O4. The highest BCUT2D eigenvalue weighted by atomic mass is 16.6. The Morgan fingerprint density at radius 3 is 2.36 bits per heavy atom. The first-order valence-electron chi connectivity index (χ1n) is 14.5. The number of hydrogen-bond donors (Lipinski definition) is 3. The minimum Gasteiger partial charge on any atom is -0.444 e. The van der Waals surface area contributed by atoms with E-state index in [4.69, 9.17) is 15.5 Å². The van der Waals surface area contributed by atoms with Crippen molar-refractivity contribution in [3.63, 3.8) is 0 Å². The predicted molar refractivity (Wildman–Crippen MR) is 162 cm³/mol. The first kappa shape index (κ1) is 30.9. The van der Waals surface area contributed by atoms with Gasteiger partial charge in [0.05, 0.1) is 6.20 Å². The Bertz CT molecular complexity index is 1280. The van der Waals surface area contributed by atoms with Crippen LogP contribution in [0.3, 0.4) is 0 Å². The number of urea groups is 1. The molecule has 0 bridgehead atoms. The first-order valence-corrected chi connectivity index (χ1v) is 14.5. The zero-order valence-electron chi connectivity index (χ0n) is 25.6. The third-order valence-corrected chi connectivity index (χ3v) is 7.84. The second-order valence-electron chi connectivity index (χ2n) is 12.6. The summed E-state index contributed by atoms with van der Waals surface area (Å²) < 4.78 is 5.54. The van der Waals surface area contributed by atoms with Crippen molar-refractivity contribution in [1.82, 2.24) is 25.1 Å². The average Bonchev–Trinajstić information content (AvgIpc) is 2.92. The molecule has 1 unspecified atom stereocenters. The van der Waals surface area contributed by atoms with Crippen molar-refractivity contribution in [3.05, 3.63) is 41.7 Å². The van der Waals surface area contributed by atoms with Gasteiger partial charge in [-0.1, -0.05) is 19.1 Å². The van der Waals surface area contributed by atoms with Crippen LogP contribution in [-0.2, 0) is 10.2 Å². The summed E-state index contributed by atoms with van der Waals surface area (Å²) in [6.45, 7) is 10.5. The van der Waals surface area contributed by atoms with E-state index in [1.807, 2.05) is 32.9 Å². The van der Waals surface area contributed by atoms with E-state index in [1.165, 1.54) is 10.5 Å². The summed E-state index contributed by atoms with van der Waals surface area (Å²) >= 11 is 0. The van der Waals surface area contributed by atoms with Crippen LogP contribution in [0.2, 0.25) is 0 Å². The van der Waals surface area contributed by atoms with E-state index in [9.17, 15) is 14.4 Å². The number of carbonyl (C=O) groups is 3. The maximum Gasteiger partial charge on any atom is 0.410 e. The van der Waals surface area contributed by atoms with Gasteiger partial charge in [0.1, 0.15) is 11.4 Å². The molecule has 2 aliphatic rings. The summed E-state index contributed by atoms with van der Waals surface area (Å²) in [6, 6.07) is 7.88. The van der Waals surface area contributed by atoms with Gasteiger partial charge in [0, 0.05) is 52.0 Å². The normalized spacial score (nSPS) is 18.7. The molecule has 228 valence electrons. The number of aromatic nitrogens is 2. The van der Waals surface area contributed by atoms with Crippen molar-refractivity contribution in [2.75, 3.05) is 50.5 Å². The molecule has 1 aromatic heterocycles. The molecule has 4 rings (SSSR count). The van der Waals surface area contributed by atoms with Gasteiger partial charge in [-0.15, -0.1) is 0 Å². The standard InChI is InChI=1S/C30H44N8O4/c1-29(2,3)42-28(41)37-16-13-30(4,14-17-37)20-9-11-21(12-10-20)33-26-24(25(31)39)32-18-23(35-26)38-15-7-8-22(19-38)34-27(40)36(5)6/h9-12,18,22H,7-8,13-17,19H2,1-6H3,(H2,31,39)(H,33,35)(H,34,40). The molecule has 2 saturated heterocycles. The van der Waals surface area contributed by atoms with Crippen molar-refractivity contribution >= 4 is 35.4 Å². The number of primary amides is 1. The molecule has 2 aliphatic heterocycles. The van der Waals surface area contributed by atoms with Crippen molar-refractivity contribution in [2.45, 2.75) is 70.4 Å². The highest BCUT2D eigenvalue weighted by molar-refractivity contribution is 5.96. The van der Waals surface area contributed by atoms with Crippen LogP contribution in [0.1, 0.15) is 69.4 Å². The van der Waals surface area contributed by atoms with Crippen LogP contribution in [0.25, 0.3) is 0 Å². The fourth-order valence-corrected chi connectivity index (χ4v) is 5.30. The average molecular weight is 581 g/mol. The van der Waals surface area contributed by atoms with E-state index < -0.39 is 11.5 Å². The third kappa shape index (κ3) is 7.59. The van der Waals surface area contributed by atoms with E-state index in [2.05, 4.69) is 39.6 Å². The summed E-state index contributed by atoms with van der Waals surface area (Å²) in [6.07, 6.45) is 4.69. The zero-order chi connectivity index (χ0) is 30.7. The van der Waals surface area contributed by atoms with E-state index in [0.717, 1.165) is 37.9 Å². The van der Waals surface area contributed by atoms with Crippen LogP contribution in [-0.4, -0.2) is 89.7 Å². The number of amides is 4. The molecule has 4 amide bonds. The third-order valence-electron chi connectivity index (χ3n) is 7.84. The summed E-state index contributed by atoms with van der Waals surface area (Å²) in [5, 5.41) is 6.27. The zero-order valence-corrected chi connectivity index (χ0v) is 25.6. The Kier molecular flexibility index (Phi) is 9.12. The van der Waals surface area contributed by atoms with E-state index in [-0.39, 0.29) is 35.1 Å². The predicted octanol–water partition coefficient (Wildman–Crippen LogP) is 3.85. The van der Waals surface area contributed by atoms with Gasteiger partial charge in [-0.2, -0.15) is 0 Å². The highest BCUT2D eigenvalue weighted by Gasteiger charge is 2.35. The topological polar surface area (TPSA) is 146 Å². The second kappa shape index (κ2) is 12.4. The minimum atomic E-state index is -0.674. The number of rotatable bonds is 6. The first-order chi connectivity index (χ1) is 19.7. The lowest BCUT2D eigenvalue weighted by Gasteiger charge is -2.40. The lowest BCUT2D eigenvalue weighted by atomic mass is 9.74. The van der Waals surface area contributed by atoms with Crippen LogP contribution in [0, 0.1) is 0 Å². The van der Waals surface area contributed by atoms with E-state index >= 15 is 0 Å². The SMILES string of the molecule is CN(C)C(=O)NC1CCCN(c2cnc(C(N)=O)c(Nc3ccc(C4(C)CCN(C(=O)OC(C)(C)C)CC4)cc3)n2)C1. The highest BCUT2D eigenvalue weighted by Crippen LogP contribution is 2.36. The van der Waals surface area contributed by atoms with E-state index in [0.29, 0.717) is 25.5 Å². The van der Waals surface area contributed by atoms with Gasteiger partial charge in [0.2, 0.25) is 0 Å². The molecule has 3 heterocycles. The van der Waals surface area contributed by atoms with Crippen molar-refractivity contribution < 1.29 is 19.1 Å². The largest absolute Gasteiger partial charge is 0.444 e. The number of ether oxygens (including phenoxy) is 1. The Balaban J connectivity index is 1.44. The molecule has 0 saturated carbocycles. The molecule has 0 aliphatic carbocycles. The molecule has 4 N–H and O–H groups in total. The Labute approximate surface area is 248 Å². The Morgan fingerprint density at radius 2 is 1.76 bits per heavy atom. The van der Waals surface area contributed by atoms with Crippen LogP contribution in [0.15, 0.2) is 30.5 Å². The Hall–Kier alpha value is -4.09. The number of nitrogens with two attached hydrogens (primary N) is 1. The number of carbonyl (C=O) groups excluding carboxylic acids is 3. The summed E-state index contributed by atoms with van der Waals surface area (Å²) in [5.74, 6) is 0.212. The van der Waals surface area contributed by atoms with Crippen LogP contribution >= 0.6 is 0 Å². The fourth-order valence-electron chi connectivity index (χ4n) is 5.30. The fraction of sp³-hybridized carbons (Fsp3) is 0.567. The summed E-state index contributed by atoms with van der Waals surface area (Å²) in [7, 11) is 3.42. The van der Waals surface area contributed by atoms with E-state index in [1.54, 1.807) is 25.2 Å². The molecule has 0 spiro atoms. The van der Waals surface area contributed by atoms with Crippen LogP contribution in [0.5, 0.6) is 0 Å². The maximum atomic E-state index is 12.5.